The molecule has 1 aliphatic carbocycles. The first kappa shape index (κ1) is 13.8. The Morgan fingerprint density at radius 1 is 1.42 bits per heavy atom. The summed E-state index contributed by atoms with van der Waals surface area (Å²) < 4.78 is 0. The third-order valence-electron chi connectivity index (χ3n) is 4.37. The van der Waals surface area contributed by atoms with E-state index >= 15 is 0 Å². The van der Waals surface area contributed by atoms with Gasteiger partial charge in [-0.3, -0.25) is 9.78 Å². The second-order valence-electron chi connectivity index (χ2n) is 5.41. The largest absolute Gasteiger partial charge is 0.387 e. The van der Waals surface area contributed by atoms with Crippen LogP contribution in [0.25, 0.3) is 0 Å². The number of rotatable bonds is 5. The van der Waals surface area contributed by atoms with E-state index < -0.39 is 0 Å². The zero-order valence-corrected chi connectivity index (χ0v) is 11.8. The number of pyridine rings is 1. The molecule has 0 bridgehead atoms. The molecule has 1 aromatic heterocycles. The van der Waals surface area contributed by atoms with Crippen molar-refractivity contribution >= 4 is 11.6 Å². The number of amides is 1. The van der Waals surface area contributed by atoms with Crippen molar-refractivity contribution in [1.82, 2.24) is 10.3 Å². The molecular weight excluding hydrogens is 238 g/mol. The van der Waals surface area contributed by atoms with Crippen molar-refractivity contribution in [2.45, 2.75) is 39.0 Å². The second-order valence-corrected chi connectivity index (χ2v) is 5.41. The van der Waals surface area contributed by atoms with Gasteiger partial charge >= 0.3 is 0 Å². The molecule has 1 saturated carbocycles. The van der Waals surface area contributed by atoms with Crippen molar-refractivity contribution in [3.05, 3.63) is 24.0 Å². The topological polar surface area (TPSA) is 54.0 Å². The van der Waals surface area contributed by atoms with Gasteiger partial charge in [-0.2, -0.15) is 0 Å². The van der Waals surface area contributed by atoms with Crippen LogP contribution in [0.3, 0.4) is 0 Å². The summed E-state index contributed by atoms with van der Waals surface area (Å²) in [6.07, 6.45) is 9.49. The SMILES string of the molecule is CCC1(CNC(=O)c2cnccc2NC)CCCC1. The number of nitrogens with zero attached hydrogens (tertiary/aromatic N) is 1. The van der Waals surface area contributed by atoms with Crippen LogP contribution in [0.2, 0.25) is 0 Å². The van der Waals surface area contributed by atoms with Crippen molar-refractivity contribution in [2.24, 2.45) is 5.41 Å². The lowest BCUT2D eigenvalue weighted by Gasteiger charge is -2.27. The Hall–Kier alpha value is -1.58. The van der Waals surface area contributed by atoms with E-state index in [0.717, 1.165) is 18.7 Å². The van der Waals surface area contributed by atoms with Crippen LogP contribution in [-0.2, 0) is 0 Å². The lowest BCUT2D eigenvalue weighted by atomic mass is 9.83. The lowest BCUT2D eigenvalue weighted by Crippen LogP contribution is -2.35. The summed E-state index contributed by atoms with van der Waals surface area (Å²) in [6.45, 7) is 3.00. The van der Waals surface area contributed by atoms with E-state index in [1.807, 2.05) is 13.1 Å². The Morgan fingerprint density at radius 2 is 2.16 bits per heavy atom. The first-order valence-electron chi connectivity index (χ1n) is 7.11. The van der Waals surface area contributed by atoms with E-state index in [-0.39, 0.29) is 5.91 Å². The van der Waals surface area contributed by atoms with Crippen molar-refractivity contribution in [1.29, 1.82) is 0 Å². The molecular formula is C15H23N3O. The summed E-state index contributed by atoms with van der Waals surface area (Å²) in [5.74, 6) is -0.0304. The Morgan fingerprint density at radius 3 is 2.79 bits per heavy atom. The van der Waals surface area contributed by atoms with E-state index in [4.69, 9.17) is 0 Å². The molecule has 4 nitrogen and oxygen atoms in total. The highest BCUT2D eigenvalue weighted by molar-refractivity contribution is 5.99. The van der Waals surface area contributed by atoms with E-state index in [9.17, 15) is 4.79 Å². The summed E-state index contributed by atoms with van der Waals surface area (Å²) in [4.78, 5) is 16.3. The maximum Gasteiger partial charge on any atom is 0.254 e. The van der Waals surface area contributed by atoms with Crippen molar-refractivity contribution < 1.29 is 4.79 Å². The van der Waals surface area contributed by atoms with Crippen molar-refractivity contribution in [2.75, 3.05) is 18.9 Å². The van der Waals surface area contributed by atoms with E-state index in [0.29, 0.717) is 11.0 Å². The van der Waals surface area contributed by atoms with Crippen molar-refractivity contribution in [3.63, 3.8) is 0 Å². The number of carbonyl (C=O) groups excluding carboxylic acids is 1. The molecule has 0 saturated heterocycles. The second kappa shape index (κ2) is 6.04. The Bertz CT molecular complexity index is 439. The van der Waals surface area contributed by atoms with Gasteiger partial charge in [0.05, 0.1) is 5.56 Å². The van der Waals surface area contributed by atoms with E-state index in [1.165, 1.54) is 25.7 Å². The molecule has 2 N–H and O–H groups in total. The molecule has 0 spiro atoms. The van der Waals surface area contributed by atoms with Gasteiger partial charge in [0.2, 0.25) is 0 Å². The third kappa shape index (κ3) is 3.06. The van der Waals surface area contributed by atoms with Crippen LogP contribution in [-0.4, -0.2) is 24.5 Å². The molecule has 2 rings (SSSR count). The van der Waals surface area contributed by atoms with E-state index in [2.05, 4.69) is 22.5 Å². The smallest absolute Gasteiger partial charge is 0.254 e. The monoisotopic (exact) mass is 261 g/mol. The number of carbonyl (C=O) groups is 1. The molecule has 4 heteroatoms. The molecule has 0 atom stereocenters. The quantitative estimate of drug-likeness (QED) is 0.857. The minimum atomic E-state index is -0.0304. The van der Waals surface area contributed by atoms with Crippen LogP contribution < -0.4 is 10.6 Å². The first-order valence-corrected chi connectivity index (χ1v) is 7.11. The molecule has 19 heavy (non-hydrogen) atoms. The van der Waals surface area contributed by atoms with Crippen molar-refractivity contribution in [3.8, 4) is 0 Å². The van der Waals surface area contributed by atoms with Gasteiger partial charge in [0, 0.05) is 31.7 Å². The molecule has 0 aromatic carbocycles. The van der Waals surface area contributed by atoms with Gasteiger partial charge in [0.25, 0.3) is 5.91 Å². The van der Waals surface area contributed by atoms with Gasteiger partial charge in [0.15, 0.2) is 0 Å². The van der Waals surface area contributed by atoms with Crippen LogP contribution in [0.1, 0.15) is 49.4 Å². The Labute approximate surface area is 115 Å². The highest BCUT2D eigenvalue weighted by Gasteiger charge is 2.32. The number of hydrogen-bond donors (Lipinski definition) is 2. The van der Waals surface area contributed by atoms with Gasteiger partial charge in [-0.1, -0.05) is 19.8 Å². The third-order valence-corrected chi connectivity index (χ3v) is 4.37. The summed E-state index contributed by atoms with van der Waals surface area (Å²) in [7, 11) is 1.82. The molecule has 1 amide bonds. The standard InChI is InChI=1S/C15H23N3O/c1-3-15(7-4-5-8-15)11-18-14(19)12-10-17-9-6-13(12)16-2/h6,9-10H,3-5,7-8,11H2,1-2H3,(H,16,17)(H,18,19). The number of nitrogens with one attached hydrogen (secondary N) is 2. The molecule has 1 fully saturated rings. The van der Waals surface area contributed by atoms with Gasteiger partial charge in [-0.15, -0.1) is 0 Å². The maximum atomic E-state index is 12.2. The minimum absolute atomic E-state index is 0.0304. The summed E-state index contributed by atoms with van der Waals surface area (Å²) >= 11 is 0. The fourth-order valence-electron chi connectivity index (χ4n) is 2.94. The van der Waals surface area contributed by atoms with Gasteiger partial charge in [-0.05, 0) is 30.7 Å². The lowest BCUT2D eigenvalue weighted by molar-refractivity contribution is 0.0929. The average molecular weight is 261 g/mol. The molecule has 0 radical (unpaired) electrons. The molecule has 1 aromatic rings. The zero-order chi connectivity index (χ0) is 13.7. The fraction of sp³-hybridized carbons (Fsp3) is 0.600. The van der Waals surface area contributed by atoms with Gasteiger partial charge in [-0.25, -0.2) is 0 Å². The number of aromatic nitrogens is 1. The fourth-order valence-corrected chi connectivity index (χ4v) is 2.94. The maximum absolute atomic E-state index is 12.2. The average Bonchev–Trinajstić information content (AvgIpc) is 2.94. The molecule has 1 heterocycles. The first-order chi connectivity index (χ1) is 9.21. The summed E-state index contributed by atoms with van der Waals surface area (Å²) in [5.41, 5.74) is 1.76. The van der Waals surface area contributed by atoms with Gasteiger partial charge in [0.1, 0.15) is 0 Å². The predicted molar refractivity (Wildman–Crippen MR) is 77.3 cm³/mol. The Kier molecular flexibility index (Phi) is 4.40. The van der Waals surface area contributed by atoms with Crippen LogP contribution in [0.4, 0.5) is 5.69 Å². The van der Waals surface area contributed by atoms with Crippen LogP contribution in [0.15, 0.2) is 18.5 Å². The molecule has 0 aliphatic heterocycles. The van der Waals surface area contributed by atoms with Crippen LogP contribution in [0.5, 0.6) is 0 Å². The number of anilines is 1. The molecule has 1 aliphatic rings. The summed E-state index contributed by atoms with van der Waals surface area (Å²) in [6, 6.07) is 1.82. The molecule has 104 valence electrons. The predicted octanol–water partition coefficient (Wildman–Crippen LogP) is 2.82. The van der Waals surface area contributed by atoms with E-state index in [1.54, 1.807) is 12.4 Å². The molecule has 0 unspecified atom stereocenters. The number of hydrogen-bond acceptors (Lipinski definition) is 3. The normalized spacial score (nSPS) is 17.2. The van der Waals surface area contributed by atoms with Crippen LogP contribution >= 0.6 is 0 Å². The van der Waals surface area contributed by atoms with Crippen LogP contribution in [0, 0.1) is 5.41 Å². The Balaban J connectivity index is 2.01. The highest BCUT2D eigenvalue weighted by atomic mass is 16.1. The van der Waals surface area contributed by atoms with Gasteiger partial charge < -0.3 is 10.6 Å². The highest BCUT2D eigenvalue weighted by Crippen LogP contribution is 2.40. The summed E-state index contributed by atoms with van der Waals surface area (Å²) in [5, 5.41) is 6.12. The minimum Gasteiger partial charge on any atom is -0.387 e. The zero-order valence-electron chi connectivity index (χ0n) is 11.8.